The first kappa shape index (κ1) is 17.2. The minimum absolute atomic E-state index is 0.0748. The van der Waals surface area contributed by atoms with E-state index in [0.717, 1.165) is 36.4 Å². The van der Waals surface area contributed by atoms with E-state index in [9.17, 15) is 4.79 Å². The van der Waals surface area contributed by atoms with Crippen LogP contribution in [-0.2, 0) is 4.74 Å². The van der Waals surface area contributed by atoms with Gasteiger partial charge in [-0.2, -0.15) is 0 Å². The molecule has 0 radical (unpaired) electrons. The second kappa shape index (κ2) is 7.54. The molecule has 1 atom stereocenters. The Kier molecular flexibility index (Phi) is 4.98. The van der Waals surface area contributed by atoms with Crippen LogP contribution in [0.1, 0.15) is 59.8 Å². The van der Waals surface area contributed by atoms with Crippen molar-refractivity contribution in [3.63, 3.8) is 0 Å². The molecule has 1 aromatic carbocycles. The summed E-state index contributed by atoms with van der Waals surface area (Å²) in [4.78, 5) is 21.8. The van der Waals surface area contributed by atoms with Crippen LogP contribution in [0.2, 0.25) is 0 Å². The number of amides is 1. The topological polar surface area (TPSA) is 64.1 Å². The van der Waals surface area contributed by atoms with Gasteiger partial charge in [0.25, 0.3) is 5.91 Å². The van der Waals surface area contributed by atoms with Crippen molar-refractivity contribution in [3.8, 4) is 11.4 Å². The molecule has 0 bridgehead atoms. The molecule has 2 aromatic rings. The molecule has 26 heavy (non-hydrogen) atoms. The highest BCUT2D eigenvalue weighted by atomic mass is 16.5. The Labute approximate surface area is 154 Å². The third kappa shape index (κ3) is 3.78. The van der Waals surface area contributed by atoms with Crippen LogP contribution in [0, 0.1) is 6.92 Å². The lowest BCUT2D eigenvalue weighted by molar-refractivity contribution is 0.0858. The standard InChI is InChI=1S/C21H25N3O2/c1-14-11-19(15-5-2-6-15)24-20(23-14)16-7-3-8-17(12-16)21(25)22-13-18-9-4-10-26-18/h3,7-8,11-12,15,18H,2,4-6,9-10,13H2,1H3,(H,22,25)/t18-/m1/s1. The molecule has 136 valence electrons. The van der Waals surface area contributed by atoms with Gasteiger partial charge >= 0.3 is 0 Å². The van der Waals surface area contributed by atoms with Crippen molar-refractivity contribution in [3.05, 3.63) is 47.3 Å². The molecule has 2 heterocycles. The van der Waals surface area contributed by atoms with E-state index >= 15 is 0 Å². The average Bonchev–Trinajstić information content (AvgIpc) is 3.11. The van der Waals surface area contributed by atoms with E-state index in [0.29, 0.717) is 23.9 Å². The second-order valence-electron chi connectivity index (χ2n) is 7.31. The summed E-state index contributed by atoms with van der Waals surface area (Å²) in [5, 5.41) is 2.97. The zero-order valence-electron chi connectivity index (χ0n) is 15.2. The Hall–Kier alpha value is -2.27. The molecule has 1 aliphatic heterocycles. The number of aryl methyl sites for hydroxylation is 1. The number of hydrogen-bond acceptors (Lipinski definition) is 4. The SMILES string of the molecule is Cc1cc(C2CCC2)nc(-c2cccc(C(=O)NC[C@H]3CCCO3)c2)n1. The maximum absolute atomic E-state index is 12.5. The summed E-state index contributed by atoms with van der Waals surface area (Å²) in [6.07, 6.45) is 5.94. The van der Waals surface area contributed by atoms with E-state index < -0.39 is 0 Å². The molecule has 1 N–H and O–H groups in total. The van der Waals surface area contributed by atoms with E-state index in [1.54, 1.807) is 0 Å². The van der Waals surface area contributed by atoms with Gasteiger partial charge in [-0.25, -0.2) is 9.97 Å². The van der Waals surface area contributed by atoms with Crippen molar-refractivity contribution >= 4 is 5.91 Å². The van der Waals surface area contributed by atoms with Crippen LogP contribution in [-0.4, -0.2) is 35.1 Å². The highest BCUT2D eigenvalue weighted by Crippen LogP contribution is 2.36. The first-order chi connectivity index (χ1) is 12.7. The van der Waals surface area contributed by atoms with Gasteiger partial charge in [-0.3, -0.25) is 4.79 Å². The fourth-order valence-corrected chi connectivity index (χ4v) is 3.55. The molecule has 5 heteroatoms. The fraction of sp³-hybridized carbons (Fsp3) is 0.476. The van der Waals surface area contributed by atoms with Crippen molar-refractivity contribution in [1.82, 2.24) is 15.3 Å². The highest BCUT2D eigenvalue weighted by molar-refractivity contribution is 5.95. The van der Waals surface area contributed by atoms with E-state index in [2.05, 4.69) is 16.4 Å². The summed E-state index contributed by atoms with van der Waals surface area (Å²) in [6.45, 7) is 3.37. The van der Waals surface area contributed by atoms with E-state index in [4.69, 9.17) is 9.72 Å². The first-order valence-electron chi connectivity index (χ1n) is 9.55. The van der Waals surface area contributed by atoms with Gasteiger partial charge in [0, 0.05) is 41.6 Å². The lowest BCUT2D eigenvalue weighted by Gasteiger charge is -2.25. The molecule has 2 fully saturated rings. The molecule has 4 rings (SSSR count). The Morgan fingerprint density at radius 3 is 2.81 bits per heavy atom. The fourth-order valence-electron chi connectivity index (χ4n) is 3.55. The smallest absolute Gasteiger partial charge is 0.251 e. The summed E-state index contributed by atoms with van der Waals surface area (Å²) < 4.78 is 5.56. The minimum atomic E-state index is -0.0748. The summed E-state index contributed by atoms with van der Waals surface area (Å²) in [5.74, 6) is 1.20. The second-order valence-corrected chi connectivity index (χ2v) is 7.31. The van der Waals surface area contributed by atoms with Crippen LogP contribution in [0.25, 0.3) is 11.4 Å². The number of ether oxygens (including phenoxy) is 1. The monoisotopic (exact) mass is 351 g/mol. The van der Waals surface area contributed by atoms with Gasteiger partial charge < -0.3 is 10.1 Å². The number of rotatable bonds is 5. The van der Waals surface area contributed by atoms with Crippen molar-refractivity contribution in [2.24, 2.45) is 0 Å². The van der Waals surface area contributed by atoms with Crippen LogP contribution >= 0.6 is 0 Å². The molecule has 2 aliphatic rings. The van der Waals surface area contributed by atoms with Crippen LogP contribution in [0.5, 0.6) is 0 Å². The molecular weight excluding hydrogens is 326 g/mol. The summed E-state index contributed by atoms with van der Waals surface area (Å²) in [6, 6.07) is 9.66. The predicted octanol–water partition coefficient (Wildman–Crippen LogP) is 3.63. The molecular formula is C21H25N3O2. The first-order valence-corrected chi connectivity index (χ1v) is 9.55. The molecule has 1 saturated heterocycles. The number of nitrogens with zero attached hydrogens (tertiary/aromatic N) is 2. The lowest BCUT2D eigenvalue weighted by atomic mass is 9.82. The number of benzene rings is 1. The normalized spacial score (nSPS) is 20.0. The van der Waals surface area contributed by atoms with E-state index in [-0.39, 0.29) is 12.0 Å². The average molecular weight is 351 g/mol. The van der Waals surface area contributed by atoms with Gasteiger partial charge in [0.1, 0.15) is 0 Å². The zero-order chi connectivity index (χ0) is 17.9. The largest absolute Gasteiger partial charge is 0.376 e. The van der Waals surface area contributed by atoms with Crippen molar-refractivity contribution in [2.75, 3.05) is 13.2 Å². The molecule has 1 aliphatic carbocycles. The summed E-state index contributed by atoms with van der Waals surface area (Å²) >= 11 is 0. The Balaban J connectivity index is 1.51. The molecule has 5 nitrogen and oxygen atoms in total. The maximum atomic E-state index is 12.5. The van der Waals surface area contributed by atoms with Crippen LogP contribution in [0.4, 0.5) is 0 Å². The number of carbonyl (C=O) groups is 1. The summed E-state index contributed by atoms with van der Waals surface area (Å²) in [5.41, 5.74) is 3.63. The van der Waals surface area contributed by atoms with Crippen LogP contribution in [0.3, 0.4) is 0 Å². The molecule has 0 spiro atoms. The number of carbonyl (C=O) groups excluding carboxylic acids is 1. The van der Waals surface area contributed by atoms with Gasteiger partial charge in [0.2, 0.25) is 0 Å². The molecule has 0 unspecified atom stereocenters. The number of aromatic nitrogens is 2. The Morgan fingerprint density at radius 1 is 1.19 bits per heavy atom. The Morgan fingerprint density at radius 2 is 2.08 bits per heavy atom. The molecule has 1 amide bonds. The van der Waals surface area contributed by atoms with Crippen molar-refractivity contribution < 1.29 is 9.53 Å². The third-order valence-electron chi connectivity index (χ3n) is 5.29. The summed E-state index contributed by atoms with van der Waals surface area (Å²) in [7, 11) is 0. The number of nitrogens with one attached hydrogen (secondary N) is 1. The van der Waals surface area contributed by atoms with Gasteiger partial charge in [-0.1, -0.05) is 18.6 Å². The van der Waals surface area contributed by atoms with Crippen LogP contribution < -0.4 is 5.32 Å². The lowest BCUT2D eigenvalue weighted by Crippen LogP contribution is -2.31. The number of hydrogen-bond donors (Lipinski definition) is 1. The highest BCUT2D eigenvalue weighted by Gasteiger charge is 2.22. The van der Waals surface area contributed by atoms with Gasteiger partial charge in [-0.05, 0) is 50.8 Å². The van der Waals surface area contributed by atoms with Gasteiger partial charge in [-0.15, -0.1) is 0 Å². The van der Waals surface area contributed by atoms with E-state index in [1.807, 2.05) is 31.2 Å². The van der Waals surface area contributed by atoms with Crippen molar-refractivity contribution in [1.29, 1.82) is 0 Å². The van der Waals surface area contributed by atoms with E-state index in [1.165, 1.54) is 19.3 Å². The molecule has 1 saturated carbocycles. The van der Waals surface area contributed by atoms with Crippen LogP contribution in [0.15, 0.2) is 30.3 Å². The Bertz CT molecular complexity index is 796. The quantitative estimate of drug-likeness (QED) is 0.893. The maximum Gasteiger partial charge on any atom is 0.251 e. The van der Waals surface area contributed by atoms with Gasteiger partial charge in [0.05, 0.1) is 6.10 Å². The third-order valence-corrected chi connectivity index (χ3v) is 5.29. The molecule has 1 aromatic heterocycles. The minimum Gasteiger partial charge on any atom is -0.376 e. The van der Waals surface area contributed by atoms with Crippen molar-refractivity contribution in [2.45, 2.75) is 51.0 Å². The van der Waals surface area contributed by atoms with Gasteiger partial charge in [0.15, 0.2) is 5.82 Å². The zero-order valence-corrected chi connectivity index (χ0v) is 15.2. The predicted molar refractivity (Wildman–Crippen MR) is 100 cm³/mol.